The Bertz CT molecular complexity index is 366. The van der Waals surface area contributed by atoms with E-state index in [0.717, 1.165) is 12.1 Å². The lowest BCUT2D eigenvalue weighted by Crippen LogP contribution is -2.37. The van der Waals surface area contributed by atoms with Gasteiger partial charge in [-0.3, -0.25) is 0 Å². The highest BCUT2D eigenvalue weighted by Gasteiger charge is 2.12. The molecule has 0 bridgehead atoms. The summed E-state index contributed by atoms with van der Waals surface area (Å²) in [6.45, 7) is 5.73. The molecule has 0 spiro atoms. The summed E-state index contributed by atoms with van der Waals surface area (Å²) in [5.74, 6) is 1.17. The maximum atomic E-state index is 9.52. The second kappa shape index (κ2) is 7.24. The van der Waals surface area contributed by atoms with Gasteiger partial charge in [0.25, 0.3) is 0 Å². The van der Waals surface area contributed by atoms with Crippen LogP contribution >= 0.6 is 0 Å². The minimum atomic E-state index is 0.165. The summed E-state index contributed by atoms with van der Waals surface area (Å²) in [6.07, 6.45) is 0. The molecule has 0 saturated heterocycles. The number of hydrogen-bond donors (Lipinski definition) is 2. The van der Waals surface area contributed by atoms with Crippen LogP contribution in [0.2, 0.25) is 0 Å². The summed E-state index contributed by atoms with van der Waals surface area (Å²) >= 11 is 0. The zero-order valence-electron chi connectivity index (χ0n) is 11.6. The van der Waals surface area contributed by atoms with E-state index in [1.165, 1.54) is 0 Å². The summed E-state index contributed by atoms with van der Waals surface area (Å²) in [4.78, 5) is 0. The van der Waals surface area contributed by atoms with Gasteiger partial charge >= 0.3 is 0 Å². The van der Waals surface area contributed by atoms with E-state index < -0.39 is 0 Å². The zero-order valence-corrected chi connectivity index (χ0v) is 11.6. The molecule has 1 aromatic rings. The normalized spacial score (nSPS) is 12.7. The number of aromatic hydroxyl groups is 1. The molecule has 0 aliphatic carbocycles. The highest BCUT2D eigenvalue weighted by molar-refractivity contribution is 5.41. The average Bonchev–Trinajstić information content (AvgIpc) is 2.35. The third-order valence-corrected chi connectivity index (χ3v) is 2.96. The second-order valence-electron chi connectivity index (χ2n) is 4.69. The van der Waals surface area contributed by atoms with Crippen molar-refractivity contribution in [3.63, 3.8) is 0 Å². The lowest BCUT2D eigenvalue weighted by atomic mass is 10.0. The summed E-state index contributed by atoms with van der Waals surface area (Å²) in [7, 11) is 3.26. The van der Waals surface area contributed by atoms with E-state index in [1.807, 2.05) is 12.1 Å². The molecule has 1 unspecified atom stereocenters. The largest absolute Gasteiger partial charge is 0.504 e. The Balaban J connectivity index is 2.61. The fourth-order valence-electron chi connectivity index (χ4n) is 1.75. The van der Waals surface area contributed by atoms with Gasteiger partial charge in [-0.05, 0) is 23.6 Å². The predicted molar refractivity (Wildman–Crippen MR) is 72.0 cm³/mol. The molecule has 0 radical (unpaired) electrons. The number of hydrogen-bond acceptors (Lipinski definition) is 4. The molecule has 18 heavy (non-hydrogen) atoms. The summed E-state index contributed by atoms with van der Waals surface area (Å²) in [6, 6.07) is 5.69. The Morgan fingerprint density at radius 3 is 2.56 bits per heavy atom. The number of phenols is 1. The summed E-state index contributed by atoms with van der Waals surface area (Å²) in [5, 5.41) is 13.0. The molecule has 4 nitrogen and oxygen atoms in total. The van der Waals surface area contributed by atoms with Crippen LogP contribution in [0.5, 0.6) is 11.5 Å². The van der Waals surface area contributed by atoms with Crippen molar-refractivity contribution in [2.24, 2.45) is 5.92 Å². The van der Waals surface area contributed by atoms with Gasteiger partial charge in [0.1, 0.15) is 0 Å². The molecule has 4 heteroatoms. The lowest BCUT2D eigenvalue weighted by molar-refractivity contribution is 0.146. The summed E-state index contributed by atoms with van der Waals surface area (Å²) in [5.41, 5.74) is 1.08. The van der Waals surface area contributed by atoms with Crippen LogP contribution in [0.1, 0.15) is 19.4 Å². The zero-order chi connectivity index (χ0) is 13.5. The van der Waals surface area contributed by atoms with E-state index >= 15 is 0 Å². The molecule has 1 rings (SSSR count). The van der Waals surface area contributed by atoms with Crippen molar-refractivity contribution in [1.82, 2.24) is 5.32 Å². The van der Waals surface area contributed by atoms with Crippen molar-refractivity contribution in [1.29, 1.82) is 0 Å². The third-order valence-electron chi connectivity index (χ3n) is 2.96. The Kier molecular flexibility index (Phi) is 5.95. The topological polar surface area (TPSA) is 50.7 Å². The molecule has 0 saturated carbocycles. The average molecular weight is 253 g/mol. The van der Waals surface area contributed by atoms with Crippen molar-refractivity contribution < 1.29 is 14.6 Å². The lowest BCUT2D eigenvalue weighted by Gasteiger charge is -2.21. The Morgan fingerprint density at radius 1 is 1.28 bits per heavy atom. The Morgan fingerprint density at radius 2 is 2.00 bits per heavy atom. The van der Waals surface area contributed by atoms with Gasteiger partial charge in [0, 0.05) is 19.7 Å². The van der Waals surface area contributed by atoms with Crippen LogP contribution in [-0.4, -0.2) is 32.0 Å². The number of benzene rings is 1. The molecule has 2 N–H and O–H groups in total. The Labute approximate surface area is 109 Å². The molecule has 0 heterocycles. The van der Waals surface area contributed by atoms with E-state index in [4.69, 9.17) is 9.47 Å². The van der Waals surface area contributed by atoms with Crippen molar-refractivity contribution in [3.8, 4) is 11.5 Å². The third kappa shape index (κ3) is 4.20. The SMILES string of the molecule is COCC(NCc1ccc(O)c(OC)c1)C(C)C. The molecule has 0 fully saturated rings. The van der Waals surface area contributed by atoms with E-state index in [1.54, 1.807) is 20.3 Å². The quantitative estimate of drug-likeness (QED) is 0.782. The molecule has 0 aliphatic rings. The fraction of sp³-hybridized carbons (Fsp3) is 0.571. The second-order valence-corrected chi connectivity index (χ2v) is 4.69. The highest BCUT2D eigenvalue weighted by Crippen LogP contribution is 2.26. The first-order chi connectivity index (χ1) is 8.58. The van der Waals surface area contributed by atoms with Gasteiger partial charge in [-0.1, -0.05) is 19.9 Å². The number of nitrogens with one attached hydrogen (secondary N) is 1. The minimum absolute atomic E-state index is 0.165. The maximum absolute atomic E-state index is 9.52. The molecular formula is C14H23NO3. The first-order valence-corrected chi connectivity index (χ1v) is 6.16. The van der Waals surface area contributed by atoms with Crippen LogP contribution in [0.4, 0.5) is 0 Å². The van der Waals surface area contributed by atoms with Crippen molar-refractivity contribution >= 4 is 0 Å². The number of phenolic OH excluding ortho intramolecular Hbond substituents is 1. The van der Waals surface area contributed by atoms with Crippen LogP contribution in [-0.2, 0) is 11.3 Å². The first-order valence-electron chi connectivity index (χ1n) is 6.16. The van der Waals surface area contributed by atoms with Crippen molar-refractivity contribution in [2.45, 2.75) is 26.4 Å². The molecule has 0 aliphatic heterocycles. The van der Waals surface area contributed by atoms with Crippen LogP contribution in [0, 0.1) is 5.92 Å². The standard InChI is InChI=1S/C14H23NO3/c1-10(2)12(9-17-3)15-8-11-5-6-13(16)14(7-11)18-4/h5-7,10,12,15-16H,8-9H2,1-4H3. The van der Waals surface area contributed by atoms with E-state index in [9.17, 15) is 5.11 Å². The van der Waals surface area contributed by atoms with E-state index in [2.05, 4.69) is 19.2 Å². The van der Waals surface area contributed by atoms with Gasteiger partial charge in [0.15, 0.2) is 11.5 Å². The van der Waals surface area contributed by atoms with Crippen LogP contribution in [0.15, 0.2) is 18.2 Å². The molecule has 1 aromatic carbocycles. The molecule has 1 atom stereocenters. The van der Waals surface area contributed by atoms with Crippen molar-refractivity contribution in [2.75, 3.05) is 20.8 Å². The van der Waals surface area contributed by atoms with Gasteiger partial charge < -0.3 is 19.9 Å². The van der Waals surface area contributed by atoms with Gasteiger partial charge in [0.05, 0.1) is 13.7 Å². The smallest absolute Gasteiger partial charge is 0.160 e. The van der Waals surface area contributed by atoms with Gasteiger partial charge in [-0.25, -0.2) is 0 Å². The summed E-state index contributed by atoms with van der Waals surface area (Å²) < 4.78 is 10.3. The van der Waals surface area contributed by atoms with Crippen LogP contribution in [0.3, 0.4) is 0 Å². The van der Waals surface area contributed by atoms with Gasteiger partial charge in [-0.2, -0.15) is 0 Å². The first kappa shape index (κ1) is 14.8. The highest BCUT2D eigenvalue weighted by atomic mass is 16.5. The Hall–Kier alpha value is -1.26. The predicted octanol–water partition coefficient (Wildman–Crippen LogP) is 2.16. The molecule has 0 aromatic heterocycles. The monoisotopic (exact) mass is 253 g/mol. The van der Waals surface area contributed by atoms with Crippen molar-refractivity contribution in [3.05, 3.63) is 23.8 Å². The number of rotatable bonds is 7. The number of ether oxygens (including phenoxy) is 2. The molecular weight excluding hydrogens is 230 g/mol. The van der Waals surface area contributed by atoms with E-state index in [0.29, 0.717) is 24.3 Å². The maximum Gasteiger partial charge on any atom is 0.160 e. The number of methoxy groups -OCH3 is 2. The van der Waals surface area contributed by atoms with E-state index in [-0.39, 0.29) is 5.75 Å². The minimum Gasteiger partial charge on any atom is -0.504 e. The van der Waals surface area contributed by atoms with Crippen LogP contribution < -0.4 is 10.1 Å². The van der Waals surface area contributed by atoms with Gasteiger partial charge in [0.2, 0.25) is 0 Å². The van der Waals surface area contributed by atoms with Crippen LogP contribution in [0.25, 0.3) is 0 Å². The fourth-order valence-corrected chi connectivity index (χ4v) is 1.75. The molecule has 0 amide bonds. The van der Waals surface area contributed by atoms with Gasteiger partial charge in [-0.15, -0.1) is 0 Å². The molecule has 102 valence electrons.